The number of anilines is 2. The Balaban J connectivity index is 2.31. The van der Waals surface area contributed by atoms with Gasteiger partial charge < -0.3 is 15.8 Å². The number of carbonyl (C=O) groups is 1. The molecule has 6 heteroatoms. The first-order valence-electron chi connectivity index (χ1n) is 6.30. The van der Waals surface area contributed by atoms with E-state index in [1.165, 1.54) is 0 Å². The van der Waals surface area contributed by atoms with Gasteiger partial charge in [0.05, 0.1) is 23.5 Å². The smallest absolute Gasteiger partial charge is 0.259 e. The van der Waals surface area contributed by atoms with Crippen molar-refractivity contribution in [1.82, 2.24) is 0 Å². The van der Waals surface area contributed by atoms with Crippen molar-refractivity contribution >= 4 is 49.1 Å². The highest BCUT2D eigenvalue weighted by Gasteiger charge is 2.15. The van der Waals surface area contributed by atoms with Gasteiger partial charge in [0.15, 0.2) is 0 Å². The molecule has 0 aromatic heterocycles. The number of nitrogens with two attached hydrogens (primary N) is 1. The molecule has 3 N–H and O–H groups in total. The third-order valence-corrected chi connectivity index (χ3v) is 3.84. The third-order valence-electron chi connectivity index (χ3n) is 2.76. The summed E-state index contributed by atoms with van der Waals surface area (Å²) in [6.07, 6.45) is 0. The van der Waals surface area contributed by atoms with Gasteiger partial charge >= 0.3 is 0 Å². The van der Waals surface area contributed by atoms with Crippen molar-refractivity contribution < 1.29 is 9.53 Å². The number of nitrogen functional groups attached to an aromatic ring is 1. The van der Waals surface area contributed by atoms with E-state index in [4.69, 9.17) is 10.5 Å². The maximum atomic E-state index is 12.4. The van der Waals surface area contributed by atoms with E-state index in [-0.39, 0.29) is 5.91 Å². The van der Waals surface area contributed by atoms with Crippen molar-refractivity contribution in [2.45, 2.75) is 6.92 Å². The van der Waals surface area contributed by atoms with Crippen LogP contribution in [0.2, 0.25) is 0 Å². The van der Waals surface area contributed by atoms with Crippen LogP contribution < -0.4 is 15.8 Å². The standard InChI is InChI=1S/C15H14Br2N2O2/c1-2-21-13-6-4-3-5-10(13)15(20)19-14-11(17)7-9(16)8-12(14)18/h3-8H,2,18H2,1H3,(H,19,20). The number of halogens is 2. The fourth-order valence-corrected chi connectivity index (χ4v) is 3.20. The molecular weight excluding hydrogens is 400 g/mol. The van der Waals surface area contributed by atoms with E-state index in [0.717, 1.165) is 4.47 Å². The lowest BCUT2D eigenvalue weighted by atomic mass is 10.1. The van der Waals surface area contributed by atoms with Gasteiger partial charge in [-0.2, -0.15) is 0 Å². The lowest BCUT2D eigenvalue weighted by Gasteiger charge is -2.13. The van der Waals surface area contributed by atoms with Crippen molar-refractivity contribution in [3.05, 3.63) is 50.9 Å². The van der Waals surface area contributed by atoms with E-state index in [1.807, 2.05) is 19.1 Å². The third kappa shape index (κ3) is 3.77. The molecule has 110 valence electrons. The fourth-order valence-electron chi connectivity index (χ4n) is 1.84. The monoisotopic (exact) mass is 412 g/mol. The Bertz CT molecular complexity index is 651. The van der Waals surface area contributed by atoms with Gasteiger partial charge in [0.25, 0.3) is 5.91 Å². The summed E-state index contributed by atoms with van der Waals surface area (Å²) in [7, 11) is 0. The lowest BCUT2D eigenvalue weighted by molar-refractivity contribution is 0.102. The van der Waals surface area contributed by atoms with Crippen LogP contribution in [0.15, 0.2) is 45.3 Å². The van der Waals surface area contributed by atoms with E-state index in [2.05, 4.69) is 37.2 Å². The summed E-state index contributed by atoms with van der Waals surface area (Å²) < 4.78 is 7.00. The summed E-state index contributed by atoms with van der Waals surface area (Å²) >= 11 is 6.74. The first-order valence-corrected chi connectivity index (χ1v) is 7.89. The molecule has 0 saturated carbocycles. The van der Waals surface area contributed by atoms with Gasteiger partial charge in [-0.3, -0.25) is 4.79 Å². The average molecular weight is 414 g/mol. The van der Waals surface area contributed by atoms with E-state index in [9.17, 15) is 4.79 Å². The zero-order valence-corrected chi connectivity index (χ0v) is 14.5. The number of carbonyl (C=O) groups excluding carboxylic acids is 1. The summed E-state index contributed by atoms with van der Waals surface area (Å²) in [6.45, 7) is 2.37. The average Bonchev–Trinajstić information content (AvgIpc) is 2.43. The van der Waals surface area contributed by atoms with E-state index in [1.54, 1.807) is 24.3 Å². The number of rotatable bonds is 4. The van der Waals surface area contributed by atoms with Gasteiger partial charge in [-0.15, -0.1) is 0 Å². The highest BCUT2D eigenvalue weighted by Crippen LogP contribution is 2.33. The van der Waals surface area contributed by atoms with Gasteiger partial charge in [0.1, 0.15) is 5.75 Å². The molecule has 0 spiro atoms. The topological polar surface area (TPSA) is 64.3 Å². The Morgan fingerprint density at radius 3 is 2.67 bits per heavy atom. The van der Waals surface area contributed by atoms with Crippen LogP contribution in [0.25, 0.3) is 0 Å². The van der Waals surface area contributed by atoms with E-state index in [0.29, 0.717) is 33.8 Å². The summed E-state index contributed by atoms with van der Waals surface area (Å²) in [6, 6.07) is 10.6. The van der Waals surface area contributed by atoms with Crippen LogP contribution in [-0.4, -0.2) is 12.5 Å². The largest absolute Gasteiger partial charge is 0.493 e. The van der Waals surface area contributed by atoms with Crippen LogP contribution in [0.5, 0.6) is 5.75 Å². The SMILES string of the molecule is CCOc1ccccc1C(=O)Nc1c(N)cc(Br)cc1Br. The molecule has 2 aromatic rings. The predicted octanol–water partition coefficient (Wildman–Crippen LogP) is 4.44. The van der Waals surface area contributed by atoms with Gasteiger partial charge in [0.2, 0.25) is 0 Å². The molecule has 2 rings (SSSR count). The molecule has 0 aliphatic rings. The van der Waals surface area contributed by atoms with Crippen molar-refractivity contribution in [3.63, 3.8) is 0 Å². The van der Waals surface area contributed by atoms with Crippen molar-refractivity contribution in [2.75, 3.05) is 17.7 Å². The van der Waals surface area contributed by atoms with Crippen LogP contribution >= 0.6 is 31.9 Å². The normalized spacial score (nSPS) is 10.2. The second-order valence-corrected chi connectivity index (χ2v) is 6.01. The van der Waals surface area contributed by atoms with Crippen molar-refractivity contribution in [2.24, 2.45) is 0 Å². The lowest BCUT2D eigenvalue weighted by Crippen LogP contribution is -2.15. The van der Waals surface area contributed by atoms with Gasteiger partial charge in [-0.05, 0) is 47.1 Å². The number of para-hydroxylation sites is 1. The van der Waals surface area contributed by atoms with Crippen molar-refractivity contribution in [3.8, 4) is 5.75 Å². The molecule has 0 atom stereocenters. The molecule has 0 aliphatic carbocycles. The van der Waals surface area contributed by atoms with Gasteiger partial charge in [0, 0.05) is 8.95 Å². The Morgan fingerprint density at radius 1 is 1.29 bits per heavy atom. The number of nitrogens with one attached hydrogen (secondary N) is 1. The second kappa shape index (κ2) is 6.95. The molecule has 0 saturated heterocycles. The minimum absolute atomic E-state index is 0.270. The highest BCUT2D eigenvalue weighted by molar-refractivity contribution is 9.11. The van der Waals surface area contributed by atoms with Gasteiger partial charge in [-0.1, -0.05) is 28.1 Å². The molecule has 0 radical (unpaired) electrons. The predicted molar refractivity (Wildman–Crippen MR) is 91.8 cm³/mol. The number of hydrogen-bond acceptors (Lipinski definition) is 3. The molecular formula is C15H14Br2N2O2. The Labute approximate surface area is 139 Å². The van der Waals surface area contributed by atoms with E-state index < -0.39 is 0 Å². The quantitative estimate of drug-likeness (QED) is 0.728. The first kappa shape index (κ1) is 15.9. The number of benzene rings is 2. The second-order valence-electron chi connectivity index (χ2n) is 4.24. The maximum Gasteiger partial charge on any atom is 0.259 e. The molecule has 21 heavy (non-hydrogen) atoms. The van der Waals surface area contributed by atoms with E-state index >= 15 is 0 Å². The molecule has 4 nitrogen and oxygen atoms in total. The molecule has 1 amide bonds. The van der Waals surface area contributed by atoms with Crippen LogP contribution in [0.1, 0.15) is 17.3 Å². The molecule has 0 fully saturated rings. The Hall–Kier alpha value is -1.53. The minimum atomic E-state index is -0.270. The summed E-state index contributed by atoms with van der Waals surface area (Å²) in [4.78, 5) is 12.4. The van der Waals surface area contributed by atoms with Crippen LogP contribution in [0.3, 0.4) is 0 Å². The molecule has 0 unspecified atom stereocenters. The molecule has 0 bridgehead atoms. The van der Waals surface area contributed by atoms with Crippen LogP contribution in [-0.2, 0) is 0 Å². The van der Waals surface area contributed by atoms with Crippen LogP contribution in [0, 0.1) is 0 Å². The highest BCUT2D eigenvalue weighted by atomic mass is 79.9. The van der Waals surface area contributed by atoms with Crippen molar-refractivity contribution in [1.29, 1.82) is 0 Å². The fraction of sp³-hybridized carbons (Fsp3) is 0.133. The first-order chi connectivity index (χ1) is 10.0. The summed E-state index contributed by atoms with van der Waals surface area (Å²) in [5, 5.41) is 2.81. The number of amides is 1. The summed E-state index contributed by atoms with van der Waals surface area (Å²) in [5.74, 6) is 0.276. The summed E-state index contributed by atoms with van der Waals surface area (Å²) in [5.41, 5.74) is 7.41. The molecule has 0 heterocycles. The zero-order valence-electron chi connectivity index (χ0n) is 11.3. The molecule has 0 aliphatic heterocycles. The maximum absolute atomic E-state index is 12.4. The zero-order chi connectivity index (χ0) is 15.4. The van der Waals surface area contributed by atoms with Crippen LogP contribution in [0.4, 0.5) is 11.4 Å². The minimum Gasteiger partial charge on any atom is -0.493 e. The number of ether oxygens (including phenoxy) is 1. The Morgan fingerprint density at radius 2 is 2.00 bits per heavy atom. The van der Waals surface area contributed by atoms with Gasteiger partial charge in [-0.25, -0.2) is 0 Å². The molecule has 2 aromatic carbocycles. The Kier molecular flexibility index (Phi) is 5.25. The number of hydrogen-bond donors (Lipinski definition) is 2.